The van der Waals surface area contributed by atoms with Gasteiger partial charge in [0, 0.05) is 13.1 Å². The van der Waals surface area contributed by atoms with Gasteiger partial charge in [0.25, 0.3) is 0 Å². The van der Waals surface area contributed by atoms with Crippen LogP contribution in [0.4, 0.5) is 5.69 Å². The van der Waals surface area contributed by atoms with Gasteiger partial charge in [-0.1, -0.05) is 36.4 Å². The zero-order valence-corrected chi connectivity index (χ0v) is 18.0. The van der Waals surface area contributed by atoms with Crippen molar-refractivity contribution in [1.82, 2.24) is 14.5 Å². The minimum atomic E-state index is -3.45. The first-order chi connectivity index (χ1) is 13.9. The lowest BCUT2D eigenvalue weighted by atomic mass is 9.93. The van der Waals surface area contributed by atoms with E-state index in [1.807, 2.05) is 12.1 Å². The van der Waals surface area contributed by atoms with Crippen LogP contribution in [0.2, 0.25) is 0 Å². The summed E-state index contributed by atoms with van der Waals surface area (Å²) in [5.41, 5.74) is 3.36. The van der Waals surface area contributed by atoms with Gasteiger partial charge in [0.15, 0.2) is 0 Å². The molecule has 2 aliphatic heterocycles. The van der Waals surface area contributed by atoms with Crippen molar-refractivity contribution in [2.45, 2.75) is 37.0 Å². The van der Waals surface area contributed by atoms with E-state index in [4.69, 9.17) is 0 Å². The van der Waals surface area contributed by atoms with E-state index in [0.29, 0.717) is 10.6 Å². The molecule has 6 nitrogen and oxygen atoms in total. The zero-order valence-electron chi connectivity index (χ0n) is 17.1. The number of sulfonamides is 1. The van der Waals surface area contributed by atoms with Crippen LogP contribution in [0.25, 0.3) is 0 Å². The van der Waals surface area contributed by atoms with Gasteiger partial charge < -0.3 is 10.2 Å². The number of hydrogen-bond acceptors (Lipinski definition) is 5. The number of fused-ring (bicyclic) bond motifs is 1. The summed E-state index contributed by atoms with van der Waals surface area (Å²) in [6, 6.07) is 16.0. The van der Waals surface area contributed by atoms with Crippen LogP contribution >= 0.6 is 0 Å². The van der Waals surface area contributed by atoms with E-state index >= 15 is 0 Å². The third-order valence-electron chi connectivity index (χ3n) is 5.80. The van der Waals surface area contributed by atoms with Crippen molar-refractivity contribution >= 4 is 15.7 Å². The topological polar surface area (TPSA) is 64.7 Å². The monoisotopic (exact) mass is 414 g/mol. The summed E-state index contributed by atoms with van der Waals surface area (Å²) in [5, 5.41) is 3.40. The summed E-state index contributed by atoms with van der Waals surface area (Å²) in [6.07, 6.45) is 1.71. The molecule has 2 aromatic rings. The SMILES string of the molecule is CN(C)Cc1ccc(CN2CCC(C3Nc4ccccc4S(=O)(=O)N3)CC2)cc1. The maximum atomic E-state index is 12.6. The fourth-order valence-corrected chi connectivity index (χ4v) is 5.67. The number of nitrogens with zero attached hydrogens (tertiary/aromatic N) is 2. The van der Waals surface area contributed by atoms with E-state index in [1.165, 1.54) is 11.1 Å². The van der Waals surface area contributed by atoms with Crippen molar-refractivity contribution in [1.29, 1.82) is 0 Å². The second-order valence-corrected chi connectivity index (χ2v) is 10.1. The molecular weight excluding hydrogens is 384 g/mol. The molecule has 0 spiro atoms. The van der Waals surface area contributed by atoms with Gasteiger partial charge >= 0.3 is 0 Å². The maximum Gasteiger partial charge on any atom is 0.244 e. The van der Waals surface area contributed by atoms with Gasteiger partial charge in [0.05, 0.1) is 11.9 Å². The van der Waals surface area contributed by atoms with E-state index in [-0.39, 0.29) is 12.1 Å². The van der Waals surface area contributed by atoms with Crippen LogP contribution in [-0.4, -0.2) is 51.6 Å². The van der Waals surface area contributed by atoms with E-state index in [2.05, 4.69) is 58.2 Å². The van der Waals surface area contributed by atoms with Gasteiger partial charge in [-0.25, -0.2) is 8.42 Å². The largest absolute Gasteiger partial charge is 0.368 e. The maximum absolute atomic E-state index is 12.6. The van der Waals surface area contributed by atoms with Gasteiger partial charge in [-0.15, -0.1) is 0 Å². The second kappa shape index (κ2) is 8.44. The number of likely N-dealkylation sites (tertiary alicyclic amines) is 1. The third-order valence-corrected chi connectivity index (χ3v) is 7.30. The van der Waals surface area contributed by atoms with Crippen molar-refractivity contribution in [2.75, 3.05) is 32.5 Å². The van der Waals surface area contributed by atoms with E-state index in [0.717, 1.165) is 39.0 Å². The molecular formula is C22H30N4O2S. The van der Waals surface area contributed by atoms with Crippen LogP contribution in [0.1, 0.15) is 24.0 Å². The molecule has 7 heteroatoms. The lowest BCUT2D eigenvalue weighted by Crippen LogP contribution is -2.51. The Hall–Kier alpha value is -1.93. The number of hydrogen-bond donors (Lipinski definition) is 2. The first kappa shape index (κ1) is 20.3. The van der Waals surface area contributed by atoms with Gasteiger partial charge in [-0.05, 0) is 69.2 Å². The second-order valence-electron chi connectivity index (χ2n) is 8.41. The number of rotatable bonds is 5. The highest BCUT2D eigenvalue weighted by Gasteiger charge is 2.35. The molecule has 2 aliphatic rings. The predicted molar refractivity (Wildman–Crippen MR) is 116 cm³/mol. The normalized spacial score (nSPS) is 22.2. The molecule has 29 heavy (non-hydrogen) atoms. The van der Waals surface area contributed by atoms with Crippen molar-refractivity contribution in [3.8, 4) is 0 Å². The Balaban J connectivity index is 1.33. The summed E-state index contributed by atoms with van der Waals surface area (Å²) >= 11 is 0. The fourth-order valence-electron chi connectivity index (χ4n) is 4.28. The van der Waals surface area contributed by atoms with Crippen LogP contribution in [-0.2, 0) is 23.1 Å². The Bertz CT molecular complexity index is 936. The molecule has 2 N–H and O–H groups in total. The fraction of sp³-hybridized carbons (Fsp3) is 0.455. The summed E-state index contributed by atoms with van der Waals surface area (Å²) < 4.78 is 28.0. The van der Waals surface area contributed by atoms with Crippen LogP contribution in [0.3, 0.4) is 0 Å². The van der Waals surface area contributed by atoms with Crippen LogP contribution in [0, 0.1) is 5.92 Å². The van der Waals surface area contributed by atoms with Gasteiger partial charge in [-0.3, -0.25) is 4.90 Å². The molecule has 0 aliphatic carbocycles. The minimum Gasteiger partial charge on any atom is -0.368 e. The average Bonchev–Trinajstić information content (AvgIpc) is 2.69. The average molecular weight is 415 g/mol. The first-order valence-corrected chi connectivity index (χ1v) is 11.7. The Morgan fingerprint density at radius 3 is 2.34 bits per heavy atom. The minimum absolute atomic E-state index is 0.234. The summed E-state index contributed by atoms with van der Waals surface area (Å²) in [4.78, 5) is 4.97. The van der Waals surface area contributed by atoms with Crippen molar-refractivity contribution in [3.63, 3.8) is 0 Å². The number of benzene rings is 2. The van der Waals surface area contributed by atoms with E-state index in [9.17, 15) is 8.42 Å². The summed E-state index contributed by atoms with van der Waals surface area (Å²) in [5.74, 6) is 0.289. The van der Waals surface area contributed by atoms with Crippen molar-refractivity contribution < 1.29 is 8.42 Å². The highest BCUT2D eigenvalue weighted by molar-refractivity contribution is 7.89. The van der Waals surface area contributed by atoms with Gasteiger partial charge in [0.1, 0.15) is 4.90 Å². The molecule has 0 aromatic heterocycles. The number of anilines is 1. The highest BCUT2D eigenvalue weighted by Crippen LogP contribution is 2.31. The van der Waals surface area contributed by atoms with E-state index in [1.54, 1.807) is 12.1 Å². The first-order valence-electron chi connectivity index (χ1n) is 10.2. The molecule has 156 valence electrons. The molecule has 0 radical (unpaired) electrons. The third kappa shape index (κ3) is 4.80. The van der Waals surface area contributed by atoms with Crippen LogP contribution in [0.5, 0.6) is 0 Å². The molecule has 1 unspecified atom stereocenters. The molecule has 1 fully saturated rings. The van der Waals surface area contributed by atoms with E-state index < -0.39 is 10.0 Å². The molecule has 1 saturated heterocycles. The van der Waals surface area contributed by atoms with Crippen molar-refractivity contribution in [2.24, 2.45) is 5.92 Å². The van der Waals surface area contributed by atoms with Crippen molar-refractivity contribution in [3.05, 3.63) is 59.7 Å². The predicted octanol–water partition coefficient (Wildman–Crippen LogP) is 2.69. The van der Waals surface area contributed by atoms with Crippen LogP contribution in [0.15, 0.2) is 53.4 Å². The Labute approximate surface area is 174 Å². The highest BCUT2D eigenvalue weighted by atomic mass is 32.2. The number of piperidine rings is 1. The lowest BCUT2D eigenvalue weighted by molar-refractivity contribution is 0.163. The Morgan fingerprint density at radius 2 is 1.66 bits per heavy atom. The molecule has 1 atom stereocenters. The molecule has 2 heterocycles. The number of para-hydroxylation sites is 1. The quantitative estimate of drug-likeness (QED) is 0.788. The zero-order chi connectivity index (χ0) is 20.4. The lowest BCUT2D eigenvalue weighted by Gasteiger charge is -2.38. The summed E-state index contributed by atoms with van der Waals surface area (Å²) in [6.45, 7) is 3.86. The number of nitrogens with one attached hydrogen (secondary N) is 2. The molecule has 4 rings (SSSR count). The van der Waals surface area contributed by atoms with Gasteiger partial charge in [-0.2, -0.15) is 4.72 Å². The smallest absolute Gasteiger partial charge is 0.244 e. The molecule has 0 saturated carbocycles. The van der Waals surface area contributed by atoms with Gasteiger partial charge in [0.2, 0.25) is 10.0 Å². The standard InChI is InChI=1S/C22H30N4O2S/c1-25(2)15-17-7-9-18(10-8-17)16-26-13-11-19(12-14-26)22-23-20-5-3-4-6-21(20)29(27,28)24-22/h3-10,19,22-24H,11-16H2,1-2H3. The Kier molecular flexibility index (Phi) is 5.92. The molecule has 0 bridgehead atoms. The Morgan fingerprint density at radius 1 is 1.00 bits per heavy atom. The molecule has 2 aromatic carbocycles. The van der Waals surface area contributed by atoms with Crippen LogP contribution < -0.4 is 10.0 Å². The molecule has 0 amide bonds. The summed E-state index contributed by atoms with van der Waals surface area (Å²) in [7, 11) is 0.718.